The highest BCUT2D eigenvalue weighted by atomic mass is 16.5. The Balaban J connectivity index is 1.82. The Labute approximate surface area is 155 Å². The second-order valence-corrected chi connectivity index (χ2v) is 6.81. The molecule has 138 valence electrons. The first kappa shape index (κ1) is 18.4. The molecule has 0 saturated carbocycles. The van der Waals surface area contributed by atoms with E-state index in [-0.39, 0.29) is 12.0 Å². The van der Waals surface area contributed by atoms with Crippen molar-refractivity contribution in [1.82, 2.24) is 9.88 Å². The number of hydrogen-bond acceptors (Lipinski definition) is 4. The molecule has 0 aliphatic carbocycles. The van der Waals surface area contributed by atoms with Gasteiger partial charge in [-0.15, -0.1) is 0 Å². The SMILES string of the molecule is COc1ccc(CN(C[C@H]2CCCO2)C(=O)c2cc(C)nc(C)c2)cc1. The van der Waals surface area contributed by atoms with Gasteiger partial charge < -0.3 is 14.4 Å². The molecule has 2 heterocycles. The number of benzene rings is 1. The number of amides is 1. The molecule has 1 atom stereocenters. The van der Waals surface area contributed by atoms with Crippen molar-refractivity contribution in [3.8, 4) is 5.75 Å². The van der Waals surface area contributed by atoms with Gasteiger partial charge >= 0.3 is 0 Å². The number of hydrogen-bond donors (Lipinski definition) is 0. The number of aromatic nitrogens is 1. The summed E-state index contributed by atoms with van der Waals surface area (Å²) in [6, 6.07) is 11.5. The van der Waals surface area contributed by atoms with Crippen LogP contribution in [0.5, 0.6) is 5.75 Å². The van der Waals surface area contributed by atoms with Crippen LogP contribution in [-0.2, 0) is 11.3 Å². The van der Waals surface area contributed by atoms with Crippen molar-refractivity contribution in [3.63, 3.8) is 0 Å². The molecule has 2 aromatic rings. The number of carbonyl (C=O) groups excluding carboxylic acids is 1. The van der Waals surface area contributed by atoms with E-state index in [9.17, 15) is 4.79 Å². The molecule has 1 aromatic carbocycles. The minimum atomic E-state index is 0.0184. The van der Waals surface area contributed by atoms with Crippen LogP contribution >= 0.6 is 0 Å². The van der Waals surface area contributed by atoms with E-state index in [0.29, 0.717) is 18.7 Å². The number of rotatable bonds is 6. The Morgan fingerprint density at radius 3 is 2.50 bits per heavy atom. The summed E-state index contributed by atoms with van der Waals surface area (Å²) >= 11 is 0. The molecular weight excluding hydrogens is 328 g/mol. The Morgan fingerprint density at radius 2 is 1.92 bits per heavy atom. The third-order valence-corrected chi connectivity index (χ3v) is 4.60. The van der Waals surface area contributed by atoms with E-state index in [4.69, 9.17) is 9.47 Å². The van der Waals surface area contributed by atoms with Crippen molar-refractivity contribution in [2.24, 2.45) is 0 Å². The van der Waals surface area contributed by atoms with Crippen molar-refractivity contribution in [2.45, 2.75) is 39.3 Å². The number of ether oxygens (including phenoxy) is 2. The zero-order chi connectivity index (χ0) is 18.5. The highest BCUT2D eigenvalue weighted by Crippen LogP contribution is 2.19. The lowest BCUT2D eigenvalue weighted by molar-refractivity contribution is 0.0507. The number of aryl methyl sites for hydroxylation is 2. The molecule has 5 heteroatoms. The number of methoxy groups -OCH3 is 1. The van der Waals surface area contributed by atoms with Gasteiger partial charge in [-0.05, 0) is 56.5 Å². The maximum Gasteiger partial charge on any atom is 0.254 e. The van der Waals surface area contributed by atoms with E-state index in [0.717, 1.165) is 42.1 Å². The first-order valence-electron chi connectivity index (χ1n) is 9.04. The highest BCUT2D eigenvalue weighted by Gasteiger charge is 2.24. The molecule has 26 heavy (non-hydrogen) atoms. The maximum atomic E-state index is 13.2. The predicted octanol–water partition coefficient (Wildman–Crippen LogP) is 3.53. The molecule has 0 unspecified atom stereocenters. The molecule has 3 rings (SSSR count). The van der Waals surface area contributed by atoms with E-state index in [1.807, 2.05) is 55.1 Å². The van der Waals surface area contributed by atoms with Crippen LogP contribution in [0.3, 0.4) is 0 Å². The summed E-state index contributed by atoms with van der Waals surface area (Å²) in [5.41, 5.74) is 3.46. The normalized spacial score (nSPS) is 16.5. The van der Waals surface area contributed by atoms with E-state index in [2.05, 4.69) is 4.98 Å². The third kappa shape index (κ3) is 4.61. The summed E-state index contributed by atoms with van der Waals surface area (Å²) in [5.74, 6) is 0.830. The minimum Gasteiger partial charge on any atom is -0.497 e. The first-order chi connectivity index (χ1) is 12.5. The summed E-state index contributed by atoms with van der Waals surface area (Å²) in [5, 5.41) is 0. The van der Waals surface area contributed by atoms with Crippen LogP contribution in [-0.4, -0.2) is 42.2 Å². The minimum absolute atomic E-state index is 0.0184. The number of nitrogens with zero attached hydrogens (tertiary/aromatic N) is 2. The smallest absolute Gasteiger partial charge is 0.254 e. The Morgan fingerprint density at radius 1 is 1.23 bits per heavy atom. The Hall–Kier alpha value is -2.40. The molecule has 1 fully saturated rings. The maximum absolute atomic E-state index is 13.2. The molecule has 0 bridgehead atoms. The third-order valence-electron chi connectivity index (χ3n) is 4.60. The fourth-order valence-corrected chi connectivity index (χ4v) is 3.35. The summed E-state index contributed by atoms with van der Waals surface area (Å²) < 4.78 is 11.0. The van der Waals surface area contributed by atoms with E-state index < -0.39 is 0 Å². The summed E-state index contributed by atoms with van der Waals surface area (Å²) in [6.45, 7) is 5.76. The van der Waals surface area contributed by atoms with Gasteiger partial charge in [0.2, 0.25) is 0 Å². The Bertz CT molecular complexity index is 732. The molecule has 1 aliphatic heterocycles. The lowest BCUT2D eigenvalue weighted by atomic mass is 10.1. The van der Waals surface area contributed by atoms with Gasteiger partial charge in [0.15, 0.2) is 0 Å². The summed E-state index contributed by atoms with van der Waals surface area (Å²) in [7, 11) is 1.65. The molecular formula is C21H26N2O3. The molecule has 5 nitrogen and oxygen atoms in total. The molecule has 0 radical (unpaired) electrons. The van der Waals surface area contributed by atoms with Crippen molar-refractivity contribution in [2.75, 3.05) is 20.3 Å². The highest BCUT2D eigenvalue weighted by molar-refractivity contribution is 5.94. The first-order valence-corrected chi connectivity index (χ1v) is 9.04. The molecule has 1 aliphatic rings. The summed E-state index contributed by atoms with van der Waals surface area (Å²) in [4.78, 5) is 19.4. The monoisotopic (exact) mass is 354 g/mol. The fourth-order valence-electron chi connectivity index (χ4n) is 3.35. The standard InChI is InChI=1S/C21H26N2O3/c1-15-11-18(12-16(2)22-15)21(24)23(14-20-5-4-10-26-20)13-17-6-8-19(25-3)9-7-17/h6-9,11-12,20H,4-5,10,13-14H2,1-3H3/t20-/m1/s1. The van der Waals surface area contributed by atoms with Crippen molar-refractivity contribution in [3.05, 3.63) is 58.9 Å². The summed E-state index contributed by atoms with van der Waals surface area (Å²) in [6.07, 6.45) is 2.17. The average molecular weight is 354 g/mol. The topological polar surface area (TPSA) is 51.7 Å². The molecule has 1 saturated heterocycles. The zero-order valence-electron chi connectivity index (χ0n) is 15.7. The number of pyridine rings is 1. The molecule has 1 amide bonds. The van der Waals surface area contributed by atoms with Gasteiger partial charge in [-0.3, -0.25) is 9.78 Å². The van der Waals surface area contributed by atoms with Crippen molar-refractivity contribution < 1.29 is 14.3 Å². The zero-order valence-corrected chi connectivity index (χ0v) is 15.7. The molecule has 0 N–H and O–H groups in total. The predicted molar refractivity (Wildman–Crippen MR) is 100 cm³/mol. The van der Waals surface area contributed by atoms with Gasteiger partial charge in [0.25, 0.3) is 5.91 Å². The second kappa shape index (κ2) is 8.32. The van der Waals surface area contributed by atoms with Crippen molar-refractivity contribution in [1.29, 1.82) is 0 Å². The van der Waals surface area contributed by atoms with Crippen molar-refractivity contribution >= 4 is 5.91 Å². The lowest BCUT2D eigenvalue weighted by Crippen LogP contribution is -2.37. The van der Waals surface area contributed by atoms with Gasteiger partial charge in [-0.2, -0.15) is 0 Å². The van der Waals surface area contributed by atoms with Crippen LogP contribution in [0.25, 0.3) is 0 Å². The van der Waals surface area contributed by atoms with Crippen LogP contribution < -0.4 is 4.74 Å². The Kier molecular flexibility index (Phi) is 5.89. The van der Waals surface area contributed by atoms with Gasteiger partial charge in [0.1, 0.15) is 5.75 Å². The van der Waals surface area contributed by atoms with Gasteiger partial charge in [0.05, 0.1) is 13.2 Å². The second-order valence-electron chi connectivity index (χ2n) is 6.81. The molecule has 1 aromatic heterocycles. The van der Waals surface area contributed by atoms with Gasteiger partial charge in [-0.25, -0.2) is 0 Å². The van der Waals surface area contributed by atoms with E-state index in [1.54, 1.807) is 7.11 Å². The van der Waals surface area contributed by atoms with Gasteiger partial charge in [0, 0.05) is 36.6 Å². The average Bonchev–Trinajstić information content (AvgIpc) is 3.13. The van der Waals surface area contributed by atoms with Crippen LogP contribution in [0.2, 0.25) is 0 Å². The van der Waals surface area contributed by atoms with Crippen LogP contribution in [0.1, 0.15) is 40.2 Å². The van der Waals surface area contributed by atoms with Crippen LogP contribution in [0, 0.1) is 13.8 Å². The molecule has 0 spiro atoms. The fraction of sp³-hybridized carbons (Fsp3) is 0.429. The van der Waals surface area contributed by atoms with E-state index >= 15 is 0 Å². The van der Waals surface area contributed by atoms with Crippen LogP contribution in [0.4, 0.5) is 0 Å². The van der Waals surface area contributed by atoms with Gasteiger partial charge in [-0.1, -0.05) is 12.1 Å². The largest absolute Gasteiger partial charge is 0.497 e. The van der Waals surface area contributed by atoms with Crippen LogP contribution in [0.15, 0.2) is 36.4 Å². The van der Waals surface area contributed by atoms with E-state index in [1.165, 1.54) is 0 Å². The lowest BCUT2D eigenvalue weighted by Gasteiger charge is -2.26. The quantitative estimate of drug-likeness (QED) is 0.796. The number of carbonyl (C=O) groups is 1.